The predicted molar refractivity (Wildman–Crippen MR) is 62.0 cm³/mol. The normalized spacial score (nSPS) is 21.6. The van der Waals surface area contributed by atoms with Crippen LogP contribution < -0.4 is 5.32 Å². The highest BCUT2D eigenvalue weighted by Gasteiger charge is 2.48. The molecule has 1 saturated carbocycles. The van der Waals surface area contributed by atoms with Crippen molar-refractivity contribution in [3.63, 3.8) is 0 Å². The molecule has 0 aliphatic heterocycles. The minimum absolute atomic E-state index is 0.256. The number of carboxylic acid groups (broad SMARTS) is 1. The molecule has 0 saturated heterocycles. The maximum atomic E-state index is 11.7. The second-order valence-electron chi connectivity index (χ2n) is 4.26. The van der Waals surface area contributed by atoms with Gasteiger partial charge in [0, 0.05) is 13.3 Å². The smallest absolute Gasteiger partial charge is 0.307 e. The van der Waals surface area contributed by atoms with Crippen LogP contribution in [0, 0.1) is 11.8 Å². The molecule has 1 fully saturated rings. The molecule has 2 atom stereocenters. The third-order valence-corrected chi connectivity index (χ3v) is 2.87. The lowest BCUT2D eigenvalue weighted by molar-refractivity contribution is -0.139. The zero-order valence-corrected chi connectivity index (χ0v) is 10.00. The van der Waals surface area contributed by atoms with Crippen molar-refractivity contribution in [2.24, 2.45) is 11.8 Å². The topological polar surface area (TPSA) is 93.5 Å². The summed E-state index contributed by atoms with van der Waals surface area (Å²) in [4.78, 5) is 22.3. The molecule has 0 aromatic carbocycles. The van der Waals surface area contributed by atoms with Gasteiger partial charge >= 0.3 is 5.97 Å². The molecule has 1 aliphatic carbocycles. The minimum atomic E-state index is -0.911. The van der Waals surface area contributed by atoms with Crippen LogP contribution in [0.2, 0.25) is 0 Å². The van der Waals surface area contributed by atoms with Crippen LogP contribution in [0.25, 0.3) is 0 Å². The lowest BCUT2D eigenvalue weighted by Crippen LogP contribution is -2.16. The lowest BCUT2D eigenvalue weighted by Gasteiger charge is -2.00. The number of hydrogen-bond donors (Lipinski definition) is 2. The highest BCUT2D eigenvalue weighted by atomic mass is 16.5. The average molecular weight is 253 g/mol. The minimum Gasteiger partial charge on any atom is -0.481 e. The van der Waals surface area contributed by atoms with Crippen LogP contribution in [0.5, 0.6) is 0 Å². The van der Waals surface area contributed by atoms with Gasteiger partial charge in [0.15, 0.2) is 0 Å². The quantitative estimate of drug-likeness (QED) is 0.754. The van der Waals surface area contributed by atoms with Crippen molar-refractivity contribution in [2.75, 3.05) is 19.0 Å². The summed E-state index contributed by atoms with van der Waals surface area (Å²) in [5, 5.41) is 15.4. The van der Waals surface area contributed by atoms with E-state index in [1.807, 2.05) is 0 Å². The van der Waals surface area contributed by atoms with Crippen LogP contribution in [-0.4, -0.2) is 40.5 Å². The van der Waals surface area contributed by atoms with E-state index in [9.17, 15) is 9.59 Å². The SMILES string of the molecule is COCCn1cc(NC(=O)[C@@H]2C[C@@H]2C(=O)O)cn1. The van der Waals surface area contributed by atoms with Crippen molar-refractivity contribution in [3.05, 3.63) is 12.4 Å². The molecular formula is C11H15N3O4. The van der Waals surface area contributed by atoms with Gasteiger partial charge < -0.3 is 15.2 Å². The molecule has 1 heterocycles. The molecule has 18 heavy (non-hydrogen) atoms. The van der Waals surface area contributed by atoms with Crippen LogP contribution in [0.3, 0.4) is 0 Å². The molecule has 98 valence electrons. The second-order valence-corrected chi connectivity index (χ2v) is 4.26. The van der Waals surface area contributed by atoms with Gasteiger partial charge in [-0.1, -0.05) is 0 Å². The van der Waals surface area contributed by atoms with Crippen molar-refractivity contribution in [3.8, 4) is 0 Å². The summed E-state index contributed by atoms with van der Waals surface area (Å²) in [5.74, 6) is -2.11. The Morgan fingerprint density at radius 3 is 3.00 bits per heavy atom. The molecule has 2 N–H and O–H groups in total. The van der Waals surface area contributed by atoms with Crippen LogP contribution in [0.4, 0.5) is 5.69 Å². The van der Waals surface area contributed by atoms with Crippen molar-refractivity contribution in [2.45, 2.75) is 13.0 Å². The van der Waals surface area contributed by atoms with Gasteiger partial charge in [-0.05, 0) is 6.42 Å². The van der Waals surface area contributed by atoms with Crippen molar-refractivity contribution in [1.82, 2.24) is 9.78 Å². The van der Waals surface area contributed by atoms with Gasteiger partial charge in [0.05, 0.1) is 36.9 Å². The first-order chi connectivity index (χ1) is 8.61. The monoisotopic (exact) mass is 253 g/mol. The molecule has 0 bridgehead atoms. The van der Waals surface area contributed by atoms with E-state index in [0.717, 1.165) is 0 Å². The summed E-state index contributed by atoms with van der Waals surface area (Å²) >= 11 is 0. The first-order valence-electron chi connectivity index (χ1n) is 5.67. The maximum Gasteiger partial charge on any atom is 0.307 e. The van der Waals surface area contributed by atoms with E-state index in [2.05, 4.69) is 10.4 Å². The summed E-state index contributed by atoms with van der Waals surface area (Å²) < 4.78 is 6.56. The highest BCUT2D eigenvalue weighted by Crippen LogP contribution is 2.39. The van der Waals surface area contributed by atoms with E-state index in [4.69, 9.17) is 9.84 Å². The van der Waals surface area contributed by atoms with Gasteiger partial charge in [0.2, 0.25) is 5.91 Å². The van der Waals surface area contributed by atoms with Crippen LogP contribution in [0.15, 0.2) is 12.4 Å². The number of carbonyl (C=O) groups is 2. The number of nitrogens with zero attached hydrogens (tertiary/aromatic N) is 2. The summed E-state index contributed by atoms with van der Waals surface area (Å²) in [5.41, 5.74) is 0.576. The van der Waals surface area contributed by atoms with Crippen LogP contribution >= 0.6 is 0 Å². The Kier molecular flexibility index (Phi) is 3.61. The summed E-state index contributed by atoms with van der Waals surface area (Å²) in [7, 11) is 1.60. The number of aromatic nitrogens is 2. The van der Waals surface area contributed by atoms with E-state index < -0.39 is 17.8 Å². The van der Waals surface area contributed by atoms with Gasteiger partial charge in [-0.25, -0.2) is 0 Å². The zero-order valence-electron chi connectivity index (χ0n) is 10.00. The average Bonchev–Trinajstić information content (AvgIpc) is 3.03. The maximum absolute atomic E-state index is 11.7. The lowest BCUT2D eigenvalue weighted by atomic mass is 10.3. The number of amides is 1. The number of nitrogens with one attached hydrogen (secondary N) is 1. The van der Waals surface area contributed by atoms with E-state index in [1.54, 1.807) is 18.0 Å². The van der Waals surface area contributed by atoms with Gasteiger partial charge in [-0.15, -0.1) is 0 Å². The summed E-state index contributed by atoms with van der Waals surface area (Å²) in [6.07, 6.45) is 3.64. The fraction of sp³-hybridized carbons (Fsp3) is 0.545. The third-order valence-electron chi connectivity index (χ3n) is 2.87. The van der Waals surface area contributed by atoms with E-state index in [0.29, 0.717) is 25.3 Å². The van der Waals surface area contributed by atoms with Crippen molar-refractivity contribution >= 4 is 17.6 Å². The molecule has 0 spiro atoms. The Balaban J connectivity index is 1.84. The molecule has 7 nitrogen and oxygen atoms in total. The fourth-order valence-corrected chi connectivity index (χ4v) is 1.73. The van der Waals surface area contributed by atoms with Crippen LogP contribution in [0.1, 0.15) is 6.42 Å². The first kappa shape index (κ1) is 12.6. The largest absolute Gasteiger partial charge is 0.481 e. The zero-order chi connectivity index (χ0) is 13.1. The van der Waals surface area contributed by atoms with Crippen molar-refractivity contribution < 1.29 is 19.4 Å². The number of hydrogen-bond acceptors (Lipinski definition) is 4. The summed E-state index contributed by atoms with van der Waals surface area (Å²) in [6, 6.07) is 0. The third kappa shape index (κ3) is 2.86. The van der Waals surface area contributed by atoms with Gasteiger partial charge in [-0.2, -0.15) is 5.10 Å². The highest BCUT2D eigenvalue weighted by molar-refractivity contribution is 5.98. The molecule has 1 amide bonds. The van der Waals surface area contributed by atoms with E-state index in [1.165, 1.54) is 6.20 Å². The fourth-order valence-electron chi connectivity index (χ4n) is 1.73. The molecular weight excluding hydrogens is 238 g/mol. The predicted octanol–water partition coefficient (Wildman–Crippen LogP) is 0.189. The number of aliphatic carboxylic acids is 1. The summed E-state index contributed by atoms with van der Waals surface area (Å²) in [6.45, 7) is 1.15. The van der Waals surface area contributed by atoms with Gasteiger partial charge in [0.25, 0.3) is 0 Å². The number of rotatable bonds is 6. The number of ether oxygens (including phenoxy) is 1. The molecule has 0 radical (unpaired) electrons. The molecule has 1 aromatic heterocycles. The van der Waals surface area contributed by atoms with Crippen LogP contribution in [-0.2, 0) is 20.9 Å². The number of methoxy groups -OCH3 is 1. The molecule has 2 rings (SSSR count). The Morgan fingerprint density at radius 2 is 2.39 bits per heavy atom. The molecule has 0 unspecified atom stereocenters. The number of anilines is 1. The first-order valence-corrected chi connectivity index (χ1v) is 5.67. The second kappa shape index (κ2) is 5.18. The van der Waals surface area contributed by atoms with Gasteiger partial charge in [0.1, 0.15) is 0 Å². The Bertz CT molecular complexity index is 457. The molecule has 1 aromatic rings. The number of carboxylic acids is 1. The van der Waals surface area contributed by atoms with E-state index >= 15 is 0 Å². The Labute approximate surface area is 104 Å². The molecule has 7 heteroatoms. The van der Waals surface area contributed by atoms with Crippen molar-refractivity contribution in [1.29, 1.82) is 0 Å². The Morgan fingerprint density at radius 1 is 1.61 bits per heavy atom. The number of carbonyl (C=O) groups excluding carboxylic acids is 1. The standard InChI is InChI=1S/C11H15N3O4/c1-18-3-2-14-6-7(5-12-14)13-10(15)8-4-9(8)11(16)17/h5-6,8-9H,2-4H2,1H3,(H,13,15)(H,16,17)/t8-,9+/m1/s1. The van der Waals surface area contributed by atoms with Gasteiger partial charge in [-0.3, -0.25) is 14.3 Å². The molecule has 1 aliphatic rings. The van der Waals surface area contributed by atoms with E-state index in [-0.39, 0.29) is 5.91 Å². The Hall–Kier alpha value is -1.89.